The number of hydrogen-bond acceptors (Lipinski definition) is 4. The lowest BCUT2D eigenvalue weighted by Gasteiger charge is -2.14. The maximum atomic E-state index is 11.8. The number of rotatable bonds is 5. The first-order chi connectivity index (χ1) is 9.16. The van der Waals surface area contributed by atoms with Crippen LogP contribution in [-0.4, -0.2) is 57.8 Å². The van der Waals surface area contributed by atoms with E-state index in [1.807, 2.05) is 18.2 Å². The molecule has 0 saturated carbocycles. The summed E-state index contributed by atoms with van der Waals surface area (Å²) >= 11 is 1.59. The van der Waals surface area contributed by atoms with Gasteiger partial charge in [0, 0.05) is 13.1 Å². The lowest BCUT2D eigenvalue weighted by atomic mass is 10.2. The summed E-state index contributed by atoms with van der Waals surface area (Å²) in [6.45, 7) is 0.499. The van der Waals surface area contributed by atoms with E-state index >= 15 is 0 Å². The van der Waals surface area contributed by atoms with Crippen LogP contribution in [0.1, 0.15) is 5.56 Å². The number of aliphatic hydroxyl groups is 2. The van der Waals surface area contributed by atoms with Crippen LogP contribution in [-0.2, 0) is 11.2 Å². The van der Waals surface area contributed by atoms with Crippen molar-refractivity contribution in [3.63, 3.8) is 0 Å². The Morgan fingerprint density at radius 2 is 1.84 bits per heavy atom. The smallest absolute Gasteiger partial charge is 0.232 e. The highest BCUT2D eigenvalue weighted by molar-refractivity contribution is 7.99. The Hall–Kier alpha value is -1.04. The first-order valence-electron chi connectivity index (χ1n) is 6.42. The van der Waals surface area contributed by atoms with E-state index in [-0.39, 0.29) is 19.0 Å². The minimum absolute atomic E-state index is 0.00587. The number of hydrogen-bond donors (Lipinski definition) is 2. The number of carbonyl (C=O) groups is 1. The number of β-amino-alcohol motifs (C(OH)–C–C–N with tert-alkyl or cyclic N) is 2. The Kier molecular flexibility index (Phi) is 5.24. The van der Waals surface area contributed by atoms with Crippen molar-refractivity contribution < 1.29 is 15.0 Å². The highest BCUT2D eigenvalue weighted by atomic mass is 32.2. The molecule has 104 valence electrons. The van der Waals surface area contributed by atoms with Crippen molar-refractivity contribution in [2.45, 2.75) is 18.6 Å². The topological polar surface area (TPSA) is 60.8 Å². The van der Waals surface area contributed by atoms with E-state index in [1.165, 1.54) is 10.5 Å². The number of likely N-dealkylation sites (tertiary alicyclic amines) is 1. The second-order valence-corrected chi connectivity index (χ2v) is 5.83. The molecule has 0 aromatic heterocycles. The predicted octanol–water partition coefficient (Wildman–Crippen LogP) is 0.526. The van der Waals surface area contributed by atoms with Gasteiger partial charge in [-0.15, -0.1) is 0 Å². The van der Waals surface area contributed by atoms with Gasteiger partial charge in [0.15, 0.2) is 0 Å². The highest BCUT2D eigenvalue weighted by Crippen LogP contribution is 2.13. The van der Waals surface area contributed by atoms with E-state index in [2.05, 4.69) is 12.1 Å². The van der Waals surface area contributed by atoms with Crippen LogP contribution in [0.2, 0.25) is 0 Å². The monoisotopic (exact) mass is 281 g/mol. The summed E-state index contributed by atoms with van der Waals surface area (Å²) in [7, 11) is 0. The maximum absolute atomic E-state index is 11.8. The molecule has 19 heavy (non-hydrogen) atoms. The number of nitrogens with zero attached hydrogens (tertiary/aromatic N) is 1. The Balaban J connectivity index is 1.65. The van der Waals surface area contributed by atoms with Gasteiger partial charge < -0.3 is 15.1 Å². The zero-order chi connectivity index (χ0) is 13.7. The van der Waals surface area contributed by atoms with Gasteiger partial charge in [0.25, 0.3) is 0 Å². The quantitative estimate of drug-likeness (QED) is 0.773. The number of aliphatic hydroxyl groups excluding tert-OH is 2. The summed E-state index contributed by atoms with van der Waals surface area (Å²) in [5, 5.41) is 18.8. The summed E-state index contributed by atoms with van der Waals surface area (Å²) in [4.78, 5) is 13.4. The second-order valence-electron chi connectivity index (χ2n) is 4.72. The Labute approximate surface area is 117 Å². The summed E-state index contributed by atoms with van der Waals surface area (Å²) in [6.07, 6.45) is -0.638. The number of aryl methyl sites for hydroxylation is 1. The molecule has 2 atom stereocenters. The minimum Gasteiger partial charge on any atom is -0.388 e. The Morgan fingerprint density at radius 1 is 1.21 bits per heavy atom. The van der Waals surface area contributed by atoms with Gasteiger partial charge in [0.2, 0.25) is 5.91 Å². The normalized spacial score (nSPS) is 22.7. The van der Waals surface area contributed by atoms with Crippen LogP contribution in [0.25, 0.3) is 0 Å². The molecule has 1 amide bonds. The van der Waals surface area contributed by atoms with Crippen LogP contribution in [0, 0.1) is 0 Å². The number of thioether (sulfide) groups is 1. The third-order valence-corrected chi connectivity index (χ3v) is 4.16. The van der Waals surface area contributed by atoms with Crippen LogP contribution in [0.15, 0.2) is 30.3 Å². The third-order valence-electron chi connectivity index (χ3n) is 3.22. The summed E-state index contributed by atoms with van der Waals surface area (Å²) in [5.41, 5.74) is 1.27. The fourth-order valence-corrected chi connectivity index (χ4v) is 2.94. The Bertz CT molecular complexity index is 402. The predicted molar refractivity (Wildman–Crippen MR) is 76.1 cm³/mol. The lowest BCUT2D eigenvalue weighted by molar-refractivity contribution is -0.127. The zero-order valence-corrected chi connectivity index (χ0v) is 11.6. The number of amides is 1. The SMILES string of the molecule is O=C(CSCCc1ccccc1)N1CC(O)C(O)C1. The van der Waals surface area contributed by atoms with E-state index in [9.17, 15) is 15.0 Å². The summed E-state index contributed by atoms with van der Waals surface area (Å²) < 4.78 is 0. The molecule has 1 saturated heterocycles. The van der Waals surface area contributed by atoms with Gasteiger partial charge in [-0.2, -0.15) is 11.8 Å². The van der Waals surface area contributed by atoms with E-state index < -0.39 is 12.2 Å². The standard InChI is InChI=1S/C14H19NO3S/c16-12-8-15(9-13(12)17)14(18)10-19-7-6-11-4-2-1-3-5-11/h1-5,12-13,16-17H,6-10H2. The van der Waals surface area contributed by atoms with Crippen molar-refractivity contribution in [3.8, 4) is 0 Å². The van der Waals surface area contributed by atoms with E-state index in [1.54, 1.807) is 11.8 Å². The average Bonchev–Trinajstić information content (AvgIpc) is 2.76. The zero-order valence-electron chi connectivity index (χ0n) is 10.7. The fraction of sp³-hybridized carbons (Fsp3) is 0.500. The second kappa shape index (κ2) is 6.93. The number of carbonyl (C=O) groups excluding carboxylic acids is 1. The average molecular weight is 281 g/mol. The molecule has 0 spiro atoms. The molecular weight excluding hydrogens is 262 g/mol. The molecule has 2 unspecified atom stereocenters. The van der Waals surface area contributed by atoms with Gasteiger partial charge in [-0.3, -0.25) is 4.79 Å². The number of benzene rings is 1. The minimum atomic E-state index is -0.793. The van der Waals surface area contributed by atoms with Crippen LogP contribution in [0.3, 0.4) is 0 Å². The van der Waals surface area contributed by atoms with E-state index in [0.717, 1.165) is 12.2 Å². The maximum Gasteiger partial charge on any atom is 0.232 e. The van der Waals surface area contributed by atoms with Gasteiger partial charge in [-0.25, -0.2) is 0 Å². The van der Waals surface area contributed by atoms with Gasteiger partial charge >= 0.3 is 0 Å². The van der Waals surface area contributed by atoms with Crippen molar-refractivity contribution in [1.29, 1.82) is 0 Å². The summed E-state index contributed by atoms with van der Waals surface area (Å²) in [6, 6.07) is 10.2. The first-order valence-corrected chi connectivity index (χ1v) is 7.58. The molecule has 2 N–H and O–H groups in total. The molecule has 2 rings (SSSR count). The molecule has 0 bridgehead atoms. The highest BCUT2D eigenvalue weighted by Gasteiger charge is 2.32. The van der Waals surface area contributed by atoms with Gasteiger partial charge in [-0.1, -0.05) is 30.3 Å². The molecule has 1 aliphatic heterocycles. The molecule has 0 aliphatic carbocycles. The van der Waals surface area contributed by atoms with Crippen LogP contribution < -0.4 is 0 Å². The van der Waals surface area contributed by atoms with E-state index in [4.69, 9.17) is 0 Å². The van der Waals surface area contributed by atoms with Crippen LogP contribution in [0.4, 0.5) is 0 Å². The molecule has 1 aromatic carbocycles. The van der Waals surface area contributed by atoms with Crippen molar-refractivity contribution in [3.05, 3.63) is 35.9 Å². The van der Waals surface area contributed by atoms with E-state index in [0.29, 0.717) is 5.75 Å². The first kappa shape index (κ1) is 14.4. The molecule has 1 aliphatic rings. The van der Waals surface area contributed by atoms with Crippen LogP contribution >= 0.6 is 11.8 Å². The molecule has 5 heteroatoms. The van der Waals surface area contributed by atoms with Gasteiger partial charge in [0.1, 0.15) is 0 Å². The Morgan fingerprint density at radius 3 is 2.47 bits per heavy atom. The van der Waals surface area contributed by atoms with Crippen molar-refractivity contribution in [1.82, 2.24) is 4.90 Å². The van der Waals surface area contributed by atoms with Crippen molar-refractivity contribution in [2.75, 3.05) is 24.6 Å². The molecule has 1 fully saturated rings. The van der Waals surface area contributed by atoms with Gasteiger partial charge in [-0.05, 0) is 17.7 Å². The van der Waals surface area contributed by atoms with Crippen molar-refractivity contribution in [2.24, 2.45) is 0 Å². The summed E-state index contributed by atoms with van der Waals surface area (Å²) in [5.74, 6) is 1.30. The largest absolute Gasteiger partial charge is 0.388 e. The van der Waals surface area contributed by atoms with Gasteiger partial charge in [0.05, 0.1) is 18.0 Å². The molecule has 0 radical (unpaired) electrons. The lowest BCUT2D eigenvalue weighted by Crippen LogP contribution is -2.31. The molecule has 1 aromatic rings. The molecular formula is C14H19NO3S. The molecule has 4 nitrogen and oxygen atoms in total. The molecule has 1 heterocycles. The van der Waals surface area contributed by atoms with Crippen molar-refractivity contribution >= 4 is 17.7 Å². The van der Waals surface area contributed by atoms with Crippen LogP contribution in [0.5, 0.6) is 0 Å². The third kappa shape index (κ3) is 4.23. The fourth-order valence-electron chi connectivity index (χ4n) is 2.06.